The molecular weight excluding hydrogens is 268 g/mol. The lowest BCUT2D eigenvalue weighted by Crippen LogP contribution is -2.00. The van der Waals surface area contributed by atoms with E-state index in [1.54, 1.807) is 11.8 Å². The highest BCUT2D eigenvalue weighted by atomic mass is 35.5. The minimum Gasteiger partial charge on any atom is -0.382 e. The molecule has 0 bridgehead atoms. The molecule has 0 fully saturated rings. The van der Waals surface area contributed by atoms with Gasteiger partial charge < -0.3 is 5.73 Å². The molecule has 0 atom stereocenters. The molecule has 0 aliphatic heterocycles. The first kappa shape index (κ1) is 12.7. The first-order chi connectivity index (χ1) is 8.69. The Morgan fingerprint density at radius 3 is 2.67 bits per heavy atom. The largest absolute Gasteiger partial charge is 0.382 e. The molecule has 0 saturated carbocycles. The van der Waals surface area contributed by atoms with Crippen LogP contribution in [0, 0.1) is 11.3 Å². The maximum atomic E-state index is 8.72. The number of aromatic nitrogens is 2. The number of nitrogens with zero attached hydrogens (tertiary/aromatic N) is 3. The highest BCUT2D eigenvalue weighted by Crippen LogP contribution is 2.23. The van der Waals surface area contributed by atoms with E-state index in [0.717, 1.165) is 4.90 Å². The third-order valence-corrected chi connectivity index (χ3v) is 3.43. The van der Waals surface area contributed by atoms with E-state index in [1.165, 1.54) is 6.20 Å². The minimum atomic E-state index is 0.221. The number of benzene rings is 1. The Bertz CT molecular complexity index is 592. The van der Waals surface area contributed by atoms with Crippen LogP contribution in [0.3, 0.4) is 0 Å². The van der Waals surface area contributed by atoms with Crippen LogP contribution < -0.4 is 5.73 Å². The Kier molecular flexibility index (Phi) is 4.03. The Labute approximate surface area is 114 Å². The fourth-order valence-corrected chi connectivity index (χ4v) is 2.16. The quantitative estimate of drug-likeness (QED) is 0.873. The molecule has 0 radical (unpaired) electrons. The fraction of sp³-hybridized carbons (Fsp3) is 0.0833. The molecule has 2 rings (SSSR count). The Balaban J connectivity index is 2.04. The fourth-order valence-electron chi connectivity index (χ4n) is 1.27. The number of anilines is 1. The summed E-state index contributed by atoms with van der Waals surface area (Å²) in [7, 11) is 0. The molecule has 0 spiro atoms. The van der Waals surface area contributed by atoms with Gasteiger partial charge in [0.05, 0.1) is 11.9 Å². The number of rotatable bonds is 3. The van der Waals surface area contributed by atoms with Crippen molar-refractivity contribution in [2.45, 2.75) is 10.6 Å². The van der Waals surface area contributed by atoms with E-state index in [4.69, 9.17) is 22.6 Å². The van der Waals surface area contributed by atoms with Crippen LogP contribution in [0.1, 0.15) is 11.4 Å². The lowest BCUT2D eigenvalue weighted by atomic mass is 10.3. The zero-order valence-electron chi connectivity index (χ0n) is 9.30. The maximum absolute atomic E-state index is 8.72. The lowest BCUT2D eigenvalue weighted by Gasteiger charge is -2.02. The predicted octanol–water partition coefficient (Wildman–Crippen LogP) is 2.88. The molecule has 6 heteroatoms. The summed E-state index contributed by atoms with van der Waals surface area (Å²) < 4.78 is 0. The van der Waals surface area contributed by atoms with Gasteiger partial charge in [-0.1, -0.05) is 11.6 Å². The van der Waals surface area contributed by atoms with E-state index < -0.39 is 0 Å². The smallest absolute Gasteiger partial charge is 0.145 e. The van der Waals surface area contributed by atoms with E-state index in [-0.39, 0.29) is 5.82 Å². The van der Waals surface area contributed by atoms with Gasteiger partial charge in [0.25, 0.3) is 0 Å². The molecule has 2 aromatic rings. The van der Waals surface area contributed by atoms with Crippen molar-refractivity contribution in [2.75, 3.05) is 5.73 Å². The van der Waals surface area contributed by atoms with Crippen LogP contribution in [-0.2, 0) is 5.75 Å². The Morgan fingerprint density at radius 1 is 1.33 bits per heavy atom. The van der Waals surface area contributed by atoms with Crippen LogP contribution in [0.25, 0.3) is 0 Å². The molecule has 0 saturated heterocycles. The standard InChI is InChI=1S/C12H9ClN4S/c13-9-1-3-10(4-2-9)18-7-11-16-6-8(5-14)12(15)17-11/h1-4,6H,7H2,(H2,15,16,17). The van der Waals surface area contributed by atoms with Crippen molar-refractivity contribution in [3.05, 3.63) is 46.9 Å². The van der Waals surface area contributed by atoms with Crippen LogP contribution in [-0.4, -0.2) is 9.97 Å². The molecule has 1 heterocycles. The normalized spacial score (nSPS) is 10.0. The second kappa shape index (κ2) is 5.71. The summed E-state index contributed by atoms with van der Waals surface area (Å²) in [5.41, 5.74) is 5.92. The summed E-state index contributed by atoms with van der Waals surface area (Å²) in [6.07, 6.45) is 1.44. The third kappa shape index (κ3) is 3.13. The van der Waals surface area contributed by atoms with Gasteiger partial charge in [-0.05, 0) is 24.3 Å². The third-order valence-electron chi connectivity index (χ3n) is 2.17. The second-order valence-corrected chi connectivity index (χ2v) is 4.92. The topological polar surface area (TPSA) is 75.6 Å². The van der Waals surface area contributed by atoms with Crippen molar-refractivity contribution >= 4 is 29.2 Å². The molecule has 0 aliphatic rings. The molecular formula is C12H9ClN4S. The number of nitrogen functional groups attached to an aromatic ring is 1. The number of nitrogens with two attached hydrogens (primary N) is 1. The van der Waals surface area contributed by atoms with Gasteiger partial charge in [0, 0.05) is 9.92 Å². The maximum Gasteiger partial charge on any atom is 0.145 e. The van der Waals surface area contributed by atoms with Crippen molar-refractivity contribution in [3.63, 3.8) is 0 Å². The summed E-state index contributed by atoms with van der Waals surface area (Å²) in [5, 5.41) is 9.42. The van der Waals surface area contributed by atoms with Gasteiger partial charge in [0.2, 0.25) is 0 Å². The second-order valence-electron chi connectivity index (χ2n) is 3.44. The number of hydrogen-bond acceptors (Lipinski definition) is 5. The van der Waals surface area contributed by atoms with Crippen molar-refractivity contribution in [3.8, 4) is 6.07 Å². The van der Waals surface area contributed by atoms with Crippen LogP contribution in [0.4, 0.5) is 5.82 Å². The van der Waals surface area contributed by atoms with Gasteiger partial charge in [0.15, 0.2) is 0 Å². The van der Waals surface area contributed by atoms with Gasteiger partial charge in [-0.2, -0.15) is 5.26 Å². The summed E-state index contributed by atoms with van der Waals surface area (Å²) >= 11 is 7.38. The molecule has 0 unspecified atom stereocenters. The molecule has 90 valence electrons. The summed E-state index contributed by atoms with van der Waals surface area (Å²) in [4.78, 5) is 9.23. The van der Waals surface area contributed by atoms with Gasteiger partial charge in [-0.3, -0.25) is 0 Å². The summed E-state index contributed by atoms with van der Waals surface area (Å²) in [6.45, 7) is 0. The SMILES string of the molecule is N#Cc1cnc(CSc2ccc(Cl)cc2)nc1N. The minimum absolute atomic E-state index is 0.221. The highest BCUT2D eigenvalue weighted by Gasteiger charge is 2.04. The van der Waals surface area contributed by atoms with Crippen molar-refractivity contribution < 1.29 is 0 Å². The molecule has 1 aromatic carbocycles. The average Bonchev–Trinajstić information content (AvgIpc) is 2.38. The first-order valence-corrected chi connectivity index (χ1v) is 6.45. The summed E-state index contributed by atoms with van der Waals surface area (Å²) in [6, 6.07) is 9.45. The zero-order chi connectivity index (χ0) is 13.0. The predicted molar refractivity (Wildman–Crippen MR) is 72.2 cm³/mol. The monoisotopic (exact) mass is 276 g/mol. The van der Waals surface area contributed by atoms with E-state index in [2.05, 4.69) is 9.97 Å². The molecule has 0 aliphatic carbocycles. The Morgan fingerprint density at radius 2 is 2.06 bits per heavy atom. The van der Waals surface area contributed by atoms with E-state index in [1.807, 2.05) is 30.3 Å². The van der Waals surface area contributed by atoms with E-state index in [0.29, 0.717) is 22.2 Å². The number of hydrogen-bond donors (Lipinski definition) is 1. The Hall–Kier alpha value is -1.77. The first-order valence-electron chi connectivity index (χ1n) is 5.09. The molecule has 2 N–H and O–H groups in total. The van der Waals surface area contributed by atoms with Gasteiger partial charge >= 0.3 is 0 Å². The van der Waals surface area contributed by atoms with Crippen molar-refractivity contribution in [1.29, 1.82) is 5.26 Å². The van der Waals surface area contributed by atoms with Crippen LogP contribution in [0.15, 0.2) is 35.4 Å². The summed E-state index contributed by atoms with van der Waals surface area (Å²) in [5.74, 6) is 1.42. The number of nitriles is 1. The van der Waals surface area contributed by atoms with Crippen LogP contribution in [0.5, 0.6) is 0 Å². The van der Waals surface area contributed by atoms with E-state index in [9.17, 15) is 0 Å². The average molecular weight is 277 g/mol. The van der Waals surface area contributed by atoms with Gasteiger partial charge in [0.1, 0.15) is 23.3 Å². The van der Waals surface area contributed by atoms with Crippen molar-refractivity contribution in [2.24, 2.45) is 0 Å². The molecule has 0 amide bonds. The van der Waals surface area contributed by atoms with Crippen molar-refractivity contribution in [1.82, 2.24) is 9.97 Å². The highest BCUT2D eigenvalue weighted by molar-refractivity contribution is 7.98. The number of thioether (sulfide) groups is 1. The van der Waals surface area contributed by atoms with Crippen LogP contribution in [0.2, 0.25) is 5.02 Å². The van der Waals surface area contributed by atoms with E-state index >= 15 is 0 Å². The van der Waals surface area contributed by atoms with Gasteiger partial charge in [-0.25, -0.2) is 9.97 Å². The molecule has 1 aromatic heterocycles. The lowest BCUT2D eigenvalue weighted by molar-refractivity contribution is 1.03. The molecule has 18 heavy (non-hydrogen) atoms. The number of halogens is 1. The van der Waals surface area contributed by atoms with Gasteiger partial charge in [-0.15, -0.1) is 11.8 Å². The van der Waals surface area contributed by atoms with Crippen LogP contribution >= 0.6 is 23.4 Å². The zero-order valence-corrected chi connectivity index (χ0v) is 10.9. The molecule has 4 nitrogen and oxygen atoms in total.